The van der Waals surface area contributed by atoms with Crippen molar-refractivity contribution < 1.29 is 4.79 Å². The van der Waals surface area contributed by atoms with Crippen LogP contribution in [0, 0.1) is 17.2 Å². The van der Waals surface area contributed by atoms with Crippen molar-refractivity contribution in [1.82, 2.24) is 19.9 Å². The molecular weight excluding hydrogens is 308 g/mol. The minimum absolute atomic E-state index is 0.0359. The van der Waals surface area contributed by atoms with E-state index in [9.17, 15) is 9.59 Å². The van der Waals surface area contributed by atoms with Gasteiger partial charge in [0.2, 0.25) is 5.91 Å². The second-order valence-electron chi connectivity index (χ2n) is 6.25. The molecule has 3 heterocycles. The number of carbonyl (C=O) groups is 1. The summed E-state index contributed by atoms with van der Waals surface area (Å²) < 4.78 is 0. The van der Waals surface area contributed by atoms with Gasteiger partial charge in [-0.15, -0.1) is 0 Å². The Labute approximate surface area is 139 Å². The van der Waals surface area contributed by atoms with Crippen molar-refractivity contribution in [3.05, 3.63) is 22.7 Å². The van der Waals surface area contributed by atoms with Gasteiger partial charge in [-0.25, -0.2) is 4.79 Å². The third-order valence-corrected chi connectivity index (χ3v) is 4.76. The number of fused-ring (bicyclic) bond motifs is 1. The van der Waals surface area contributed by atoms with Gasteiger partial charge < -0.3 is 14.8 Å². The standard InChI is InChI=1S/C16H20N6O2/c1-10-5-8-22(13(23)3-6-17)9-12(10)21(2)15-11-4-7-18-14(11)19-16(24)20-15/h4,7,10,12H,3,5,8-9H2,1-2H3,(H2,18,19,20,24). The monoisotopic (exact) mass is 328 g/mol. The van der Waals surface area contributed by atoms with Crippen LogP contribution in [0.25, 0.3) is 11.0 Å². The number of piperidine rings is 1. The molecule has 1 aliphatic rings. The molecule has 24 heavy (non-hydrogen) atoms. The molecular formula is C16H20N6O2. The lowest BCUT2D eigenvalue weighted by Crippen LogP contribution is -2.53. The van der Waals surface area contributed by atoms with Gasteiger partial charge in [0.1, 0.15) is 17.9 Å². The first-order chi connectivity index (χ1) is 11.5. The summed E-state index contributed by atoms with van der Waals surface area (Å²) in [5.41, 5.74) is 0.227. The number of anilines is 1. The first kappa shape index (κ1) is 16.1. The van der Waals surface area contributed by atoms with Gasteiger partial charge >= 0.3 is 5.69 Å². The third kappa shape index (κ3) is 2.85. The molecule has 1 amide bonds. The Balaban J connectivity index is 1.91. The van der Waals surface area contributed by atoms with Gasteiger partial charge in [-0.05, 0) is 18.4 Å². The van der Waals surface area contributed by atoms with Gasteiger partial charge in [0, 0.05) is 26.3 Å². The summed E-state index contributed by atoms with van der Waals surface area (Å²) in [5, 5.41) is 9.58. The summed E-state index contributed by atoms with van der Waals surface area (Å²) in [7, 11) is 1.90. The smallest absolute Gasteiger partial charge is 0.348 e. The molecule has 1 fully saturated rings. The quantitative estimate of drug-likeness (QED) is 0.868. The maximum Gasteiger partial charge on any atom is 0.348 e. The van der Waals surface area contributed by atoms with Crippen molar-refractivity contribution in [2.45, 2.75) is 25.8 Å². The predicted molar refractivity (Wildman–Crippen MR) is 89.5 cm³/mol. The summed E-state index contributed by atoms with van der Waals surface area (Å²) >= 11 is 0. The molecule has 0 aliphatic carbocycles. The summed E-state index contributed by atoms with van der Waals surface area (Å²) in [6.45, 7) is 3.32. The highest BCUT2D eigenvalue weighted by Gasteiger charge is 2.32. The van der Waals surface area contributed by atoms with Crippen LogP contribution >= 0.6 is 0 Å². The molecule has 2 atom stereocenters. The number of hydrogen-bond acceptors (Lipinski definition) is 5. The second kappa shape index (κ2) is 6.35. The van der Waals surface area contributed by atoms with Crippen LogP contribution in [0.1, 0.15) is 19.8 Å². The van der Waals surface area contributed by atoms with E-state index in [0.29, 0.717) is 30.5 Å². The number of carbonyl (C=O) groups excluding carboxylic acids is 1. The molecule has 0 bridgehead atoms. The van der Waals surface area contributed by atoms with Crippen molar-refractivity contribution in [2.75, 3.05) is 25.0 Å². The fourth-order valence-electron chi connectivity index (χ4n) is 3.34. The van der Waals surface area contributed by atoms with Crippen molar-refractivity contribution in [3.8, 4) is 6.07 Å². The molecule has 2 unspecified atom stereocenters. The molecule has 3 rings (SSSR count). The highest BCUT2D eigenvalue weighted by molar-refractivity contribution is 5.87. The van der Waals surface area contributed by atoms with Gasteiger partial charge in [0.15, 0.2) is 0 Å². The second-order valence-corrected chi connectivity index (χ2v) is 6.25. The largest absolute Gasteiger partial charge is 0.354 e. The van der Waals surface area contributed by atoms with Crippen LogP contribution in [0.3, 0.4) is 0 Å². The normalized spacial score (nSPS) is 20.8. The Morgan fingerprint density at radius 1 is 1.58 bits per heavy atom. The zero-order valence-electron chi connectivity index (χ0n) is 13.7. The van der Waals surface area contributed by atoms with Crippen LogP contribution in [0.4, 0.5) is 5.82 Å². The number of hydrogen-bond donors (Lipinski definition) is 2. The molecule has 2 aromatic heterocycles. The number of aromatic amines is 2. The van der Waals surface area contributed by atoms with E-state index < -0.39 is 5.69 Å². The van der Waals surface area contributed by atoms with E-state index in [1.54, 1.807) is 11.1 Å². The van der Waals surface area contributed by atoms with Crippen LogP contribution in [-0.4, -0.2) is 51.9 Å². The minimum atomic E-state index is -0.410. The lowest BCUT2D eigenvalue weighted by atomic mass is 9.92. The molecule has 8 heteroatoms. The lowest BCUT2D eigenvalue weighted by Gasteiger charge is -2.42. The van der Waals surface area contributed by atoms with Gasteiger partial charge in [-0.1, -0.05) is 6.92 Å². The van der Waals surface area contributed by atoms with E-state index in [0.717, 1.165) is 11.8 Å². The van der Waals surface area contributed by atoms with E-state index in [2.05, 4.69) is 21.9 Å². The molecule has 1 aliphatic heterocycles. The number of nitrogens with zero attached hydrogens (tertiary/aromatic N) is 4. The van der Waals surface area contributed by atoms with Crippen LogP contribution in [-0.2, 0) is 4.79 Å². The number of likely N-dealkylation sites (N-methyl/N-ethyl adjacent to an activating group) is 1. The average Bonchev–Trinajstić information content (AvgIpc) is 3.02. The average molecular weight is 328 g/mol. The third-order valence-electron chi connectivity index (χ3n) is 4.76. The highest BCUT2D eigenvalue weighted by Crippen LogP contribution is 2.28. The van der Waals surface area contributed by atoms with Gasteiger partial charge in [0.05, 0.1) is 17.5 Å². The zero-order chi connectivity index (χ0) is 17.3. The van der Waals surface area contributed by atoms with Crippen molar-refractivity contribution in [1.29, 1.82) is 5.26 Å². The fraction of sp³-hybridized carbons (Fsp3) is 0.500. The predicted octanol–water partition coefficient (Wildman–Crippen LogP) is 0.838. The summed E-state index contributed by atoms with van der Waals surface area (Å²) in [5.74, 6) is 0.797. The molecule has 0 spiro atoms. The first-order valence-corrected chi connectivity index (χ1v) is 7.96. The van der Waals surface area contributed by atoms with Gasteiger partial charge in [-0.2, -0.15) is 10.2 Å². The maximum atomic E-state index is 12.0. The number of amides is 1. The van der Waals surface area contributed by atoms with E-state index in [-0.39, 0.29) is 18.4 Å². The fourth-order valence-corrected chi connectivity index (χ4v) is 3.34. The molecule has 0 aromatic carbocycles. The van der Waals surface area contributed by atoms with Gasteiger partial charge in [-0.3, -0.25) is 9.78 Å². The molecule has 2 N–H and O–H groups in total. The van der Waals surface area contributed by atoms with Crippen LogP contribution < -0.4 is 10.6 Å². The van der Waals surface area contributed by atoms with Crippen LogP contribution in [0.2, 0.25) is 0 Å². The zero-order valence-corrected chi connectivity index (χ0v) is 13.7. The minimum Gasteiger partial charge on any atom is -0.354 e. The van der Waals surface area contributed by atoms with Crippen LogP contribution in [0.5, 0.6) is 0 Å². The Morgan fingerprint density at radius 2 is 2.38 bits per heavy atom. The molecule has 0 radical (unpaired) electrons. The Morgan fingerprint density at radius 3 is 3.12 bits per heavy atom. The maximum absolute atomic E-state index is 12.0. The molecule has 8 nitrogen and oxygen atoms in total. The number of likely N-dealkylation sites (tertiary alicyclic amines) is 1. The molecule has 2 aromatic rings. The van der Waals surface area contributed by atoms with E-state index in [4.69, 9.17) is 5.26 Å². The number of H-pyrrole nitrogens is 2. The Bertz CT molecular complexity index is 848. The van der Waals surface area contributed by atoms with Crippen LogP contribution in [0.15, 0.2) is 17.1 Å². The number of nitriles is 1. The van der Waals surface area contributed by atoms with Crippen molar-refractivity contribution in [3.63, 3.8) is 0 Å². The van der Waals surface area contributed by atoms with E-state index in [1.165, 1.54) is 0 Å². The number of rotatable bonds is 3. The number of nitrogens with one attached hydrogen (secondary N) is 2. The molecule has 1 saturated heterocycles. The van der Waals surface area contributed by atoms with E-state index in [1.807, 2.05) is 24.1 Å². The Hall–Kier alpha value is -2.82. The topological polar surface area (TPSA) is 109 Å². The summed E-state index contributed by atoms with van der Waals surface area (Å²) in [6, 6.07) is 3.82. The number of aromatic nitrogens is 3. The molecule has 0 saturated carbocycles. The Kier molecular flexibility index (Phi) is 4.25. The van der Waals surface area contributed by atoms with E-state index >= 15 is 0 Å². The summed E-state index contributed by atoms with van der Waals surface area (Å²) in [4.78, 5) is 37.4. The lowest BCUT2D eigenvalue weighted by molar-refractivity contribution is -0.131. The van der Waals surface area contributed by atoms with Crippen molar-refractivity contribution >= 4 is 22.8 Å². The van der Waals surface area contributed by atoms with Gasteiger partial charge in [0.25, 0.3) is 0 Å². The molecule has 126 valence electrons. The SMILES string of the molecule is CC1CCN(C(=O)CC#N)CC1N(C)c1nc(=O)[nH]c2[nH]ccc12. The first-order valence-electron chi connectivity index (χ1n) is 7.96. The van der Waals surface area contributed by atoms with Crippen molar-refractivity contribution in [2.24, 2.45) is 5.92 Å². The highest BCUT2D eigenvalue weighted by atomic mass is 16.2. The summed E-state index contributed by atoms with van der Waals surface area (Å²) in [6.07, 6.45) is 2.51.